The molecule has 0 amide bonds. The van der Waals surface area contributed by atoms with Gasteiger partial charge >= 0.3 is 0 Å². The zero-order chi connectivity index (χ0) is 13.5. The Hall–Kier alpha value is -1.86. The Morgan fingerprint density at radius 3 is 2.00 bits per heavy atom. The molecule has 20 heavy (non-hydrogen) atoms. The minimum atomic E-state index is 0.994. The third kappa shape index (κ3) is 1.74. The van der Waals surface area contributed by atoms with E-state index in [-0.39, 0.29) is 0 Å². The first-order valence-electron chi connectivity index (χ1n) is 6.79. The summed E-state index contributed by atoms with van der Waals surface area (Å²) in [6, 6.07) is 23.9. The number of fused-ring (bicyclic) bond motifs is 5. The van der Waals surface area contributed by atoms with Gasteiger partial charge in [0.1, 0.15) is 0 Å². The van der Waals surface area contributed by atoms with Gasteiger partial charge in [-0.05, 0) is 40.3 Å². The lowest BCUT2D eigenvalue weighted by Gasteiger charge is -2.12. The summed E-state index contributed by atoms with van der Waals surface area (Å²) < 4.78 is 1.17. The van der Waals surface area contributed by atoms with Gasteiger partial charge in [-0.15, -0.1) is 0 Å². The van der Waals surface area contributed by atoms with E-state index in [4.69, 9.17) is 0 Å². The fourth-order valence-corrected chi connectivity index (χ4v) is 3.66. The molecule has 0 aliphatic heterocycles. The lowest BCUT2D eigenvalue weighted by atomic mass is 9.95. The first-order valence-corrected chi connectivity index (χ1v) is 7.59. The predicted molar refractivity (Wildman–Crippen MR) is 87.8 cm³/mol. The van der Waals surface area contributed by atoms with Gasteiger partial charge in [0, 0.05) is 10.0 Å². The van der Waals surface area contributed by atoms with Gasteiger partial charge in [-0.3, -0.25) is 0 Å². The van der Waals surface area contributed by atoms with Crippen molar-refractivity contribution in [1.29, 1.82) is 0 Å². The summed E-state index contributed by atoms with van der Waals surface area (Å²) in [6.07, 6.45) is 0.994. The highest BCUT2D eigenvalue weighted by Crippen LogP contribution is 2.43. The second-order valence-electron chi connectivity index (χ2n) is 5.15. The van der Waals surface area contributed by atoms with Crippen molar-refractivity contribution in [2.24, 2.45) is 0 Å². The normalized spacial score (nSPS) is 12.1. The van der Waals surface area contributed by atoms with Crippen LogP contribution in [0.5, 0.6) is 0 Å². The van der Waals surface area contributed by atoms with Crippen LogP contribution in [0.1, 0.15) is 11.1 Å². The fraction of sp³-hybridized carbons (Fsp3) is 0.0526. The average Bonchev–Trinajstić information content (AvgIpc) is 2.62. The summed E-state index contributed by atoms with van der Waals surface area (Å²) in [5.74, 6) is 0. The molecule has 3 aromatic carbocycles. The molecule has 0 atom stereocenters. The SMILES string of the molecule is Brc1cccc2c1-c1ccccc1Cc1ccccc1-2. The lowest BCUT2D eigenvalue weighted by Crippen LogP contribution is -1.89. The van der Waals surface area contributed by atoms with E-state index in [0.717, 1.165) is 6.42 Å². The molecule has 0 N–H and O–H groups in total. The molecule has 0 saturated carbocycles. The maximum absolute atomic E-state index is 3.74. The molecular weight excluding hydrogens is 308 g/mol. The highest BCUT2D eigenvalue weighted by atomic mass is 79.9. The molecule has 0 unspecified atom stereocenters. The molecule has 0 nitrogen and oxygen atoms in total. The van der Waals surface area contributed by atoms with Crippen LogP contribution in [0.2, 0.25) is 0 Å². The molecule has 0 spiro atoms. The monoisotopic (exact) mass is 320 g/mol. The quantitative estimate of drug-likeness (QED) is 0.390. The van der Waals surface area contributed by atoms with E-state index in [9.17, 15) is 0 Å². The zero-order valence-corrected chi connectivity index (χ0v) is 12.5. The van der Waals surface area contributed by atoms with Crippen molar-refractivity contribution in [3.63, 3.8) is 0 Å². The van der Waals surface area contributed by atoms with Crippen molar-refractivity contribution in [2.45, 2.75) is 6.42 Å². The molecule has 4 rings (SSSR count). The van der Waals surface area contributed by atoms with E-state index in [1.165, 1.54) is 37.9 Å². The minimum absolute atomic E-state index is 0.994. The Kier molecular flexibility index (Phi) is 2.75. The Morgan fingerprint density at radius 2 is 1.20 bits per heavy atom. The number of hydrogen-bond donors (Lipinski definition) is 0. The van der Waals surface area contributed by atoms with Crippen LogP contribution >= 0.6 is 15.9 Å². The summed E-state index contributed by atoms with van der Waals surface area (Å²) in [6.45, 7) is 0. The Morgan fingerprint density at radius 1 is 0.600 bits per heavy atom. The van der Waals surface area contributed by atoms with Crippen LogP contribution in [-0.2, 0) is 6.42 Å². The van der Waals surface area contributed by atoms with Crippen LogP contribution in [0.3, 0.4) is 0 Å². The van der Waals surface area contributed by atoms with Gasteiger partial charge < -0.3 is 0 Å². The van der Waals surface area contributed by atoms with Crippen LogP contribution in [0, 0.1) is 0 Å². The molecule has 0 saturated heterocycles. The number of hydrogen-bond acceptors (Lipinski definition) is 0. The van der Waals surface area contributed by atoms with E-state index in [1.54, 1.807) is 0 Å². The third-order valence-corrected chi connectivity index (χ3v) is 4.65. The van der Waals surface area contributed by atoms with Crippen LogP contribution in [-0.4, -0.2) is 0 Å². The maximum Gasteiger partial charge on any atom is 0.0260 e. The van der Waals surface area contributed by atoms with E-state index in [2.05, 4.69) is 82.7 Å². The minimum Gasteiger partial charge on any atom is -0.0619 e. The van der Waals surface area contributed by atoms with Gasteiger partial charge in [0.05, 0.1) is 0 Å². The first-order chi connectivity index (χ1) is 9.84. The van der Waals surface area contributed by atoms with E-state index in [0.29, 0.717) is 0 Å². The smallest absolute Gasteiger partial charge is 0.0260 e. The molecule has 96 valence electrons. The molecule has 0 aromatic heterocycles. The van der Waals surface area contributed by atoms with E-state index >= 15 is 0 Å². The summed E-state index contributed by atoms with van der Waals surface area (Å²) >= 11 is 3.74. The highest BCUT2D eigenvalue weighted by Gasteiger charge is 2.19. The summed E-state index contributed by atoms with van der Waals surface area (Å²) in [5, 5.41) is 0. The van der Waals surface area contributed by atoms with Gasteiger partial charge in [-0.1, -0.05) is 76.6 Å². The van der Waals surface area contributed by atoms with Crippen LogP contribution in [0.4, 0.5) is 0 Å². The predicted octanol–water partition coefficient (Wildman–Crippen LogP) is 5.69. The number of rotatable bonds is 0. The second kappa shape index (κ2) is 4.60. The lowest BCUT2D eigenvalue weighted by molar-refractivity contribution is 1.21. The molecule has 3 aromatic rings. The molecule has 0 fully saturated rings. The summed E-state index contributed by atoms with van der Waals surface area (Å²) in [7, 11) is 0. The van der Waals surface area contributed by atoms with Crippen LogP contribution in [0.15, 0.2) is 71.2 Å². The Balaban J connectivity index is 2.16. The average molecular weight is 321 g/mol. The topological polar surface area (TPSA) is 0 Å². The maximum atomic E-state index is 3.74. The standard InChI is InChI=1S/C19H13Br/c20-18-11-5-10-17-15-8-3-1-6-13(15)12-14-7-2-4-9-16(14)19(17)18/h1-11H,12H2. The highest BCUT2D eigenvalue weighted by molar-refractivity contribution is 9.10. The first kappa shape index (κ1) is 11.9. The molecule has 1 aliphatic carbocycles. The van der Waals surface area contributed by atoms with E-state index in [1.807, 2.05) is 0 Å². The van der Waals surface area contributed by atoms with Gasteiger partial charge in [0.2, 0.25) is 0 Å². The molecule has 1 heteroatoms. The van der Waals surface area contributed by atoms with Crippen molar-refractivity contribution in [3.8, 4) is 22.3 Å². The van der Waals surface area contributed by atoms with E-state index < -0.39 is 0 Å². The molecule has 0 radical (unpaired) electrons. The van der Waals surface area contributed by atoms with Crippen molar-refractivity contribution >= 4 is 15.9 Å². The summed E-state index contributed by atoms with van der Waals surface area (Å²) in [5.41, 5.74) is 8.11. The number of halogens is 1. The largest absolute Gasteiger partial charge is 0.0619 e. The van der Waals surface area contributed by atoms with Crippen molar-refractivity contribution in [3.05, 3.63) is 82.3 Å². The van der Waals surface area contributed by atoms with Gasteiger partial charge in [0.15, 0.2) is 0 Å². The zero-order valence-electron chi connectivity index (χ0n) is 10.9. The second-order valence-corrected chi connectivity index (χ2v) is 6.01. The molecule has 1 aliphatic rings. The van der Waals surface area contributed by atoms with Crippen molar-refractivity contribution < 1.29 is 0 Å². The van der Waals surface area contributed by atoms with Gasteiger partial charge in [-0.2, -0.15) is 0 Å². The molecule has 0 heterocycles. The van der Waals surface area contributed by atoms with Crippen LogP contribution < -0.4 is 0 Å². The fourth-order valence-electron chi connectivity index (χ4n) is 3.08. The molecular formula is C19H13Br. The molecule has 0 bridgehead atoms. The third-order valence-electron chi connectivity index (χ3n) is 3.99. The Bertz CT molecular complexity index is 802. The van der Waals surface area contributed by atoms with Crippen molar-refractivity contribution in [2.75, 3.05) is 0 Å². The van der Waals surface area contributed by atoms with Crippen LogP contribution in [0.25, 0.3) is 22.3 Å². The number of benzene rings is 3. The van der Waals surface area contributed by atoms with Gasteiger partial charge in [-0.25, -0.2) is 0 Å². The van der Waals surface area contributed by atoms with Crippen molar-refractivity contribution in [1.82, 2.24) is 0 Å². The summed E-state index contributed by atoms with van der Waals surface area (Å²) in [4.78, 5) is 0. The van der Waals surface area contributed by atoms with Gasteiger partial charge in [0.25, 0.3) is 0 Å². The Labute approximate surface area is 127 Å².